The first-order valence-corrected chi connectivity index (χ1v) is 6.25. The van der Waals surface area contributed by atoms with Crippen LogP contribution in [-0.2, 0) is 0 Å². The van der Waals surface area contributed by atoms with Crippen LogP contribution in [0.5, 0.6) is 0 Å². The predicted molar refractivity (Wildman–Crippen MR) is 67.6 cm³/mol. The van der Waals surface area contributed by atoms with E-state index in [1.54, 1.807) is 18.3 Å². The Morgan fingerprint density at radius 3 is 2.94 bits per heavy atom. The fourth-order valence-electron chi connectivity index (χ4n) is 1.90. The highest BCUT2D eigenvalue weighted by Crippen LogP contribution is 2.29. The van der Waals surface area contributed by atoms with Crippen LogP contribution in [0.4, 0.5) is 5.69 Å². The second-order valence-electron chi connectivity index (χ2n) is 4.52. The van der Waals surface area contributed by atoms with Gasteiger partial charge in [-0.25, -0.2) is 4.98 Å². The first-order chi connectivity index (χ1) is 8.24. The van der Waals surface area contributed by atoms with Gasteiger partial charge in [-0.2, -0.15) is 0 Å². The molecule has 4 heteroatoms. The van der Waals surface area contributed by atoms with Gasteiger partial charge in [0.2, 0.25) is 0 Å². The molecule has 0 aliphatic heterocycles. The van der Waals surface area contributed by atoms with E-state index in [1.165, 1.54) is 0 Å². The zero-order valence-corrected chi connectivity index (χ0v) is 10.2. The van der Waals surface area contributed by atoms with Crippen LogP contribution >= 0.6 is 0 Å². The summed E-state index contributed by atoms with van der Waals surface area (Å²) in [6.07, 6.45) is 5.97. The lowest BCUT2D eigenvalue weighted by molar-refractivity contribution is 0.0736. The first kappa shape index (κ1) is 11.9. The molecule has 2 N–H and O–H groups in total. The van der Waals surface area contributed by atoms with E-state index in [1.807, 2.05) is 4.90 Å². The van der Waals surface area contributed by atoms with Gasteiger partial charge in [-0.3, -0.25) is 4.79 Å². The maximum Gasteiger partial charge on any atom is 0.274 e. The van der Waals surface area contributed by atoms with Crippen LogP contribution < -0.4 is 5.73 Å². The molecule has 4 nitrogen and oxygen atoms in total. The fourth-order valence-corrected chi connectivity index (χ4v) is 1.90. The number of nitrogens with zero attached hydrogens (tertiary/aromatic N) is 2. The topological polar surface area (TPSA) is 59.2 Å². The maximum absolute atomic E-state index is 12.3. The molecule has 0 bridgehead atoms. The summed E-state index contributed by atoms with van der Waals surface area (Å²) in [5, 5.41) is 0. The number of amides is 1. The fraction of sp³-hybridized carbons (Fsp3) is 0.538. The van der Waals surface area contributed by atoms with Crippen molar-refractivity contribution in [3.63, 3.8) is 0 Å². The Kier molecular flexibility index (Phi) is 3.61. The average molecular weight is 233 g/mol. The molecule has 92 valence electrons. The molecule has 1 heterocycles. The van der Waals surface area contributed by atoms with Gasteiger partial charge in [0, 0.05) is 18.8 Å². The molecule has 0 aromatic carbocycles. The van der Waals surface area contributed by atoms with Crippen molar-refractivity contribution in [1.82, 2.24) is 9.88 Å². The summed E-state index contributed by atoms with van der Waals surface area (Å²) in [5.41, 5.74) is 6.67. The number of anilines is 1. The number of carbonyl (C=O) groups excluding carboxylic acids is 1. The molecule has 17 heavy (non-hydrogen) atoms. The van der Waals surface area contributed by atoms with Crippen LogP contribution in [0, 0.1) is 0 Å². The van der Waals surface area contributed by atoms with E-state index in [9.17, 15) is 4.79 Å². The highest BCUT2D eigenvalue weighted by molar-refractivity contribution is 5.97. The standard InChI is InChI=1S/C13H19N3O/c1-2-3-9-16(10-6-7-10)13(17)12-11(14)5-4-8-15-12/h4-5,8,10H,2-3,6-7,9,14H2,1H3. The Bertz CT molecular complexity index is 401. The highest BCUT2D eigenvalue weighted by Gasteiger charge is 2.33. The molecule has 1 aromatic heterocycles. The van der Waals surface area contributed by atoms with E-state index in [0.717, 1.165) is 32.2 Å². The predicted octanol–water partition coefficient (Wildman–Crippen LogP) is 2.07. The van der Waals surface area contributed by atoms with E-state index < -0.39 is 0 Å². The molecule has 1 aliphatic carbocycles. The maximum atomic E-state index is 12.3. The van der Waals surface area contributed by atoms with E-state index in [0.29, 0.717) is 17.4 Å². The van der Waals surface area contributed by atoms with Crippen molar-refractivity contribution in [2.75, 3.05) is 12.3 Å². The summed E-state index contributed by atoms with van der Waals surface area (Å²) in [6, 6.07) is 3.89. The third-order valence-electron chi connectivity index (χ3n) is 3.04. The van der Waals surface area contributed by atoms with Gasteiger partial charge < -0.3 is 10.6 Å². The number of unbranched alkanes of at least 4 members (excludes halogenated alkanes) is 1. The number of nitrogen functional groups attached to an aromatic ring is 1. The van der Waals surface area contributed by atoms with Gasteiger partial charge in [-0.1, -0.05) is 13.3 Å². The van der Waals surface area contributed by atoms with Crippen molar-refractivity contribution in [3.8, 4) is 0 Å². The minimum Gasteiger partial charge on any atom is -0.397 e. The van der Waals surface area contributed by atoms with Gasteiger partial charge in [0.05, 0.1) is 5.69 Å². The van der Waals surface area contributed by atoms with Crippen LogP contribution in [0.3, 0.4) is 0 Å². The molecular formula is C13H19N3O. The van der Waals surface area contributed by atoms with Crippen molar-refractivity contribution < 1.29 is 4.79 Å². The lowest BCUT2D eigenvalue weighted by Crippen LogP contribution is -2.35. The summed E-state index contributed by atoms with van der Waals surface area (Å²) in [4.78, 5) is 18.4. The Hall–Kier alpha value is -1.58. The summed E-state index contributed by atoms with van der Waals surface area (Å²) in [5.74, 6) is -0.0148. The Balaban J connectivity index is 2.13. The molecular weight excluding hydrogens is 214 g/mol. The number of hydrogen-bond donors (Lipinski definition) is 1. The van der Waals surface area contributed by atoms with Crippen LogP contribution in [0.1, 0.15) is 43.1 Å². The second-order valence-corrected chi connectivity index (χ2v) is 4.52. The molecule has 1 aliphatic rings. The number of rotatable bonds is 5. The molecule has 2 rings (SSSR count). The summed E-state index contributed by atoms with van der Waals surface area (Å²) in [6.45, 7) is 2.95. The van der Waals surface area contributed by atoms with Crippen molar-refractivity contribution >= 4 is 11.6 Å². The molecule has 1 amide bonds. The zero-order chi connectivity index (χ0) is 12.3. The third-order valence-corrected chi connectivity index (χ3v) is 3.04. The third kappa shape index (κ3) is 2.75. The van der Waals surface area contributed by atoms with Gasteiger partial charge in [0.25, 0.3) is 5.91 Å². The van der Waals surface area contributed by atoms with Gasteiger partial charge >= 0.3 is 0 Å². The minimum absolute atomic E-state index is 0.0148. The van der Waals surface area contributed by atoms with Crippen LogP contribution in [0.15, 0.2) is 18.3 Å². The molecule has 0 spiro atoms. The number of pyridine rings is 1. The van der Waals surface area contributed by atoms with Crippen LogP contribution in [0.25, 0.3) is 0 Å². The van der Waals surface area contributed by atoms with Crippen molar-refractivity contribution in [2.45, 2.75) is 38.6 Å². The molecule has 1 saturated carbocycles. The molecule has 1 fully saturated rings. The lowest BCUT2D eigenvalue weighted by atomic mass is 10.2. The molecule has 0 radical (unpaired) electrons. The highest BCUT2D eigenvalue weighted by atomic mass is 16.2. The lowest BCUT2D eigenvalue weighted by Gasteiger charge is -2.22. The number of nitrogens with two attached hydrogens (primary N) is 1. The monoisotopic (exact) mass is 233 g/mol. The minimum atomic E-state index is -0.0148. The summed E-state index contributed by atoms with van der Waals surface area (Å²) < 4.78 is 0. The van der Waals surface area contributed by atoms with E-state index in [2.05, 4.69) is 11.9 Å². The van der Waals surface area contributed by atoms with Crippen molar-refractivity contribution in [3.05, 3.63) is 24.0 Å². The molecule has 0 atom stereocenters. The van der Waals surface area contributed by atoms with Crippen LogP contribution in [0.2, 0.25) is 0 Å². The van der Waals surface area contributed by atoms with Gasteiger partial charge in [0.1, 0.15) is 0 Å². The van der Waals surface area contributed by atoms with Crippen LogP contribution in [-0.4, -0.2) is 28.4 Å². The Morgan fingerprint density at radius 2 is 2.35 bits per heavy atom. The van der Waals surface area contributed by atoms with Crippen molar-refractivity contribution in [2.24, 2.45) is 0 Å². The number of hydrogen-bond acceptors (Lipinski definition) is 3. The zero-order valence-electron chi connectivity index (χ0n) is 10.2. The SMILES string of the molecule is CCCCN(C(=O)c1ncccc1N)C1CC1. The average Bonchev–Trinajstić information content (AvgIpc) is 3.14. The molecule has 0 unspecified atom stereocenters. The van der Waals surface area contributed by atoms with E-state index >= 15 is 0 Å². The largest absolute Gasteiger partial charge is 0.397 e. The Morgan fingerprint density at radius 1 is 1.59 bits per heavy atom. The molecule has 0 saturated heterocycles. The number of aromatic nitrogens is 1. The second kappa shape index (κ2) is 5.17. The summed E-state index contributed by atoms with van der Waals surface area (Å²) >= 11 is 0. The quantitative estimate of drug-likeness (QED) is 0.847. The van der Waals surface area contributed by atoms with Gasteiger partial charge in [0.15, 0.2) is 5.69 Å². The molecule has 1 aromatic rings. The summed E-state index contributed by atoms with van der Waals surface area (Å²) in [7, 11) is 0. The van der Waals surface area contributed by atoms with E-state index in [4.69, 9.17) is 5.73 Å². The van der Waals surface area contributed by atoms with E-state index in [-0.39, 0.29) is 5.91 Å². The Labute approximate surface area is 102 Å². The van der Waals surface area contributed by atoms with Gasteiger partial charge in [-0.05, 0) is 31.4 Å². The van der Waals surface area contributed by atoms with Gasteiger partial charge in [-0.15, -0.1) is 0 Å². The van der Waals surface area contributed by atoms with Crippen molar-refractivity contribution in [1.29, 1.82) is 0 Å². The normalized spacial score (nSPS) is 14.6. The smallest absolute Gasteiger partial charge is 0.274 e. The number of carbonyl (C=O) groups is 1. The first-order valence-electron chi connectivity index (χ1n) is 6.25.